The first-order chi connectivity index (χ1) is 22.1. The molecule has 1 aromatic carbocycles. The fourth-order valence-corrected chi connectivity index (χ4v) is 7.66. The highest BCUT2D eigenvalue weighted by atomic mass is 32.2. The lowest BCUT2D eigenvalue weighted by Gasteiger charge is -2.27. The van der Waals surface area contributed by atoms with Crippen molar-refractivity contribution in [3.8, 4) is 6.01 Å². The molecular weight excluding hydrogens is 618 g/mol. The maximum absolute atomic E-state index is 14.2. The molecule has 2 amide bonds. The van der Waals surface area contributed by atoms with Crippen LogP contribution in [0.2, 0.25) is 0 Å². The zero-order chi connectivity index (χ0) is 34.3. The van der Waals surface area contributed by atoms with E-state index in [0.29, 0.717) is 18.3 Å². The number of nitrogens with one attached hydrogen (secondary N) is 1. The molecule has 0 bridgehead atoms. The summed E-state index contributed by atoms with van der Waals surface area (Å²) in [4.78, 5) is 48.2. The molecule has 0 unspecified atom stereocenters. The first-order valence-corrected chi connectivity index (χ1v) is 18.5. The predicted molar refractivity (Wildman–Crippen MR) is 181 cm³/mol. The van der Waals surface area contributed by atoms with Gasteiger partial charge in [0.2, 0.25) is 11.8 Å². The molecule has 12 heteroatoms. The van der Waals surface area contributed by atoms with Crippen molar-refractivity contribution in [2.24, 2.45) is 17.3 Å². The van der Waals surface area contributed by atoms with Crippen LogP contribution in [0.3, 0.4) is 0 Å². The van der Waals surface area contributed by atoms with Gasteiger partial charge in [-0.25, -0.2) is 4.72 Å². The summed E-state index contributed by atoms with van der Waals surface area (Å²) in [6, 6.07) is 5.99. The Morgan fingerprint density at radius 1 is 1.13 bits per heavy atom. The highest BCUT2D eigenvalue weighted by Gasteiger charge is 2.61. The highest BCUT2D eigenvalue weighted by Crippen LogP contribution is 2.57. The monoisotopic (exact) mass is 669 g/mol. The molecule has 2 fully saturated rings. The maximum Gasteiger partial charge on any atom is 0.303 e. The van der Waals surface area contributed by atoms with Crippen molar-refractivity contribution in [1.82, 2.24) is 23.5 Å². The Morgan fingerprint density at radius 3 is 2.55 bits per heavy atom. The van der Waals surface area contributed by atoms with Crippen molar-refractivity contribution in [2.75, 3.05) is 20.6 Å². The summed E-state index contributed by atoms with van der Waals surface area (Å²) >= 11 is 0. The fourth-order valence-electron chi connectivity index (χ4n) is 7.04. The van der Waals surface area contributed by atoms with Crippen molar-refractivity contribution in [3.63, 3.8) is 0 Å². The predicted octanol–water partition coefficient (Wildman–Crippen LogP) is 5.13. The lowest BCUT2D eigenvalue weighted by Crippen LogP contribution is -2.47. The minimum absolute atomic E-state index is 0.0618. The van der Waals surface area contributed by atoms with Gasteiger partial charge in [-0.1, -0.05) is 51.8 Å². The van der Waals surface area contributed by atoms with E-state index in [1.54, 1.807) is 4.90 Å². The number of Topliss-reactive ketones (excluding diaryl/α,β-unsaturated/α-hetero) is 1. The number of nitrogens with zero attached hydrogens (tertiary/aromatic N) is 4. The number of imidazole rings is 1. The van der Waals surface area contributed by atoms with Crippen LogP contribution in [-0.2, 0) is 24.6 Å². The first kappa shape index (κ1) is 35.1. The zero-order valence-electron chi connectivity index (χ0n) is 28.9. The van der Waals surface area contributed by atoms with Crippen LogP contribution in [0.4, 0.5) is 0 Å². The lowest BCUT2D eigenvalue weighted by atomic mass is 9.91. The second kappa shape index (κ2) is 13.7. The zero-order valence-corrected chi connectivity index (χ0v) is 29.7. The summed E-state index contributed by atoms with van der Waals surface area (Å²) in [7, 11) is -1.35. The van der Waals surface area contributed by atoms with Gasteiger partial charge < -0.3 is 9.64 Å². The van der Waals surface area contributed by atoms with E-state index in [-0.39, 0.29) is 49.0 Å². The van der Waals surface area contributed by atoms with Gasteiger partial charge in [-0.15, -0.1) is 0 Å². The quantitative estimate of drug-likeness (QED) is 0.405. The number of allylic oxidation sites excluding steroid dienone is 2. The Hall–Kier alpha value is -3.25. The van der Waals surface area contributed by atoms with E-state index in [2.05, 4.69) is 50.6 Å². The third kappa shape index (κ3) is 7.28. The van der Waals surface area contributed by atoms with E-state index < -0.39 is 33.7 Å². The lowest BCUT2D eigenvalue weighted by molar-refractivity contribution is -0.141. The van der Waals surface area contributed by atoms with Crippen LogP contribution in [0.1, 0.15) is 104 Å². The van der Waals surface area contributed by atoms with Gasteiger partial charge in [0, 0.05) is 38.9 Å². The second-order valence-corrected chi connectivity index (χ2v) is 16.4. The van der Waals surface area contributed by atoms with Gasteiger partial charge >= 0.3 is 10.2 Å². The number of fused-ring (bicyclic) bond motifs is 3. The van der Waals surface area contributed by atoms with Crippen LogP contribution in [0.25, 0.3) is 11.0 Å². The molecule has 1 N–H and O–H groups in total. The normalized spacial score (nSPS) is 28.3. The molecule has 1 aromatic heterocycles. The molecule has 0 spiro atoms. The smallest absolute Gasteiger partial charge is 0.303 e. The van der Waals surface area contributed by atoms with Gasteiger partial charge in [-0.05, 0) is 69.1 Å². The number of benzene rings is 1. The summed E-state index contributed by atoms with van der Waals surface area (Å²) in [6.45, 7) is 10.6. The molecule has 11 nitrogen and oxygen atoms in total. The van der Waals surface area contributed by atoms with Crippen LogP contribution in [0.15, 0.2) is 30.4 Å². The van der Waals surface area contributed by atoms with Gasteiger partial charge in [0.05, 0.1) is 29.0 Å². The number of carbonyl (C=O) groups is 3. The van der Waals surface area contributed by atoms with E-state index in [9.17, 15) is 22.8 Å². The van der Waals surface area contributed by atoms with Crippen LogP contribution >= 0.6 is 0 Å². The summed E-state index contributed by atoms with van der Waals surface area (Å²) in [5.41, 5.74) is 1.79. The van der Waals surface area contributed by atoms with Crippen molar-refractivity contribution in [3.05, 3.63) is 35.9 Å². The standard InChI is InChI=1S/C35H51N5O6S/c1-22(2)25-15-16-29-28(17-25)36-34(40(29)23(3)4)46-27-18-30-31(41)20-35(33(43)37-47(44,45)38(6)7)19-26(35)14-12-10-8-9-11-13-24(5)32(42)39(30)21-27/h12,14-17,22-24,26-27,30H,8-11,13,18-21H2,1-7H3,(H,37,43)/b14-12-/t24-,26+,27+,30-,35+/m0/s1. The average molecular weight is 670 g/mol. The van der Waals surface area contributed by atoms with Crippen LogP contribution in [0, 0.1) is 17.3 Å². The van der Waals surface area contributed by atoms with E-state index in [4.69, 9.17) is 9.72 Å². The van der Waals surface area contributed by atoms with Crippen molar-refractivity contribution in [1.29, 1.82) is 0 Å². The van der Waals surface area contributed by atoms with Gasteiger partial charge in [0.25, 0.3) is 6.01 Å². The minimum atomic E-state index is -4.04. The molecule has 3 aliphatic rings. The molecule has 47 heavy (non-hydrogen) atoms. The molecule has 1 saturated carbocycles. The Balaban J connectivity index is 1.45. The summed E-state index contributed by atoms with van der Waals surface area (Å²) in [6.07, 6.45) is 8.38. The van der Waals surface area contributed by atoms with E-state index in [1.807, 2.05) is 23.6 Å². The number of aromatic nitrogens is 2. The van der Waals surface area contributed by atoms with Crippen LogP contribution < -0.4 is 9.46 Å². The Bertz CT molecular complexity index is 1650. The highest BCUT2D eigenvalue weighted by molar-refractivity contribution is 7.87. The molecule has 5 rings (SSSR count). The van der Waals surface area contributed by atoms with Gasteiger partial charge in [0.1, 0.15) is 6.10 Å². The summed E-state index contributed by atoms with van der Waals surface area (Å²) in [5, 5.41) is 0. The topological polar surface area (TPSA) is 131 Å². The van der Waals surface area contributed by atoms with Gasteiger partial charge in [0.15, 0.2) is 5.78 Å². The Kier molecular flexibility index (Phi) is 10.2. The minimum Gasteiger partial charge on any atom is -0.459 e. The van der Waals surface area contributed by atoms with Crippen molar-refractivity contribution in [2.45, 2.75) is 110 Å². The molecule has 0 radical (unpaired) electrons. The Labute approximate surface area is 279 Å². The molecule has 1 saturated heterocycles. The van der Waals surface area contributed by atoms with E-state index in [0.717, 1.165) is 47.4 Å². The van der Waals surface area contributed by atoms with E-state index >= 15 is 0 Å². The summed E-state index contributed by atoms with van der Waals surface area (Å²) < 4.78 is 37.0. The molecule has 3 heterocycles. The largest absolute Gasteiger partial charge is 0.459 e. The SMILES string of the molecule is CC(C)c1ccc2c(c1)nc(O[C@@H]1C[C@H]3C(=O)C[C@]4(C(=O)NS(=O)(=O)N(C)C)C[C@H]4/C=C\CCCCC[C@H](C)C(=O)N3C1)n2C(C)C. The number of ether oxygens (including phenoxy) is 1. The number of amides is 2. The van der Waals surface area contributed by atoms with Crippen molar-refractivity contribution >= 4 is 38.8 Å². The summed E-state index contributed by atoms with van der Waals surface area (Å²) in [5.74, 6) is -1.20. The molecule has 2 aromatic rings. The number of hydrogen-bond donors (Lipinski definition) is 1. The average Bonchev–Trinajstić information content (AvgIpc) is 3.34. The molecule has 258 valence electrons. The number of rotatable bonds is 7. The first-order valence-electron chi connectivity index (χ1n) is 17.1. The Morgan fingerprint density at radius 2 is 1.87 bits per heavy atom. The van der Waals surface area contributed by atoms with Gasteiger partial charge in [-0.3, -0.25) is 19.0 Å². The second-order valence-electron chi connectivity index (χ2n) is 14.5. The van der Waals surface area contributed by atoms with Gasteiger partial charge in [-0.2, -0.15) is 17.7 Å². The van der Waals surface area contributed by atoms with Crippen LogP contribution in [0.5, 0.6) is 6.01 Å². The molecule has 5 atom stereocenters. The third-order valence-corrected chi connectivity index (χ3v) is 11.5. The number of carbonyl (C=O) groups excluding carboxylic acids is 3. The van der Waals surface area contributed by atoms with Crippen molar-refractivity contribution < 1.29 is 27.5 Å². The van der Waals surface area contributed by atoms with E-state index in [1.165, 1.54) is 19.7 Å². The molecule has 1 aliphatic carbocycles. The maximum atomic E-state index is 14.2. The van der Waals surface area contributed by atoms with Crippen LogP contribution in [-0.4, -0.2) is 77.6 Å². The third-order valence-electron chi connectivity index (χ3n) is 10.1. The number of hydrogen-bond acceptors (Lipinski definition) is 7. The molecule has 2 aliphatic heterocycles. The molecular formula is C35H51N5O6S. The number of ketones is 1. The fraction of sp³-hybridized carbons (Fsp3) is 0.657.